The lowest BCUT2D eigenvalue weighted by atomic mass is 9.80. The molecule has 0 saturated carbocycles. The van der Waals surface area contributed by atoms with Gasteiger partial charge in [-0.2, -0.15) is 4.99 Å². The van der Waals surface area contributed by atoms with Gasteiger partial charge >= 0.3 is 7.12 Å². The first kappa shape index (κ1) is 71.0. The van der Waals surface area contributed by atoms with Gasteiger partial charge in [0.25, 0.3) is 0 Å². The molecule has 8 heterocycles. The minimum atomic E-state index is -0.375. The molecule has 0 aliphatic carbocycles. The number of Topliss-reactive ketones (excluding diaryl/α,β-unsaturated/α-hetero) is 1. The van der Waals surface area contributed by atoms with Crippen molar-refractivity contribution in [1.82, 2.24) is 48.7 Å². The van der Waals surface area contributed by atoms with Gasteiger partial charge in [0.1, 0.15) is 44.9 Å². The average Bonchev–Trinajstić information content (AvgIpc) is 1.63. The highest BCUT2D eigenvalue weighted by Gasteiger charge is 2.51. The molecule has 0 atom stereocenters. The summed E-state index contributed by atoms with van der Waals surface area (Å²) < 4.78 is 67.6. The number of imidazole rings is 5. The zero-order valence-corrected chi connectivity index (χ0v) is 54.9. The molecule has 486 valence electrons. The van der Waals surface area contributed by atoms with Crippen molar-refractivity contribution in [2.45, 2.75) is 66.6 Å². The number of anilines is 3. The zero-order valence-electron chi connectivity index (χ0n) is 51.7. The number of fused-ring (bicyclic) bond motifs is 2. The van der Waals surface area contributed by atoms with E-state index in [1.54, 1.807) is 55.0 Å². The quantitative estimate of drug-likeness (QED) is 0.0158. The van der Waals surface area contributed by atoms with Crippen molar-refractivity contribution in [3.05, 3.63) is 198 Å². The fraction of sp³-hybridized carbons (Fsp3) is 0.172. The van der Waals surface area contributed by atoms with Gasteiger partial charge in [-0.1, -0.05) is 22.0 Å². The van der Waals surface area contributed by atoms with E-state index in [4.69, 9.17) is 20.8 Å². The van der Waals surface area contributed by atoms with Crippen molar-refractivity contribution < 1.29 is 50.8 Å². The van der Waals surface area contributed by atoms with Crippen molar-refractivity contribution >= 4 is 109 Å². The van der Waals surface area contributed by atoms with Gasteiger partial charge in [-0.25, -0.2) is 42.5 Å². The first-order chi connectivity index (χ1) is 44.6. The number of amides is 4. The van der Waals surface area contributed by atoms with Crippen LogP contribution in [-0.2, 0) is 28.5 Å². The largest absolute Gasteiger partial charge is 0.496 e. The molecule has 0 spiro atoms. The summed E-state index contributed by atoms with van der Waals surface area (Å²) in [5, 5.41) is 7.99. The molecular formula is C64H63BBr2F4N16O7. The maximum absolute atomic E-state index is 13.2. The highest BCUT2D eigenvalue weighted by Crippen LogP contribution is 2.37. The number of pyridine rings is 2. The number of aromatic amines is 3. The number of aromatic nitrogens is 10. The highest BCUT2D eigenvalue weighted by molar-refractivity contribution is 9.10. The number of hydrogen-bond acceptors (Lipinski definition) is 12. The van der Waals surface area contributed by atoms with Gasteiger partial charge < -0.3 is 44.5 Å². The molecule has 0 bridgehead atoms. The lowest BCUT2D eigenvalue weighted by Gasteiger charge is -2.32. The fourth-order valence-electron chi connectivity index (χ4n) is 8.35. The summed E-state index contributed by atoms with van der Waals surface area (Å²) >= 11 is 6.33. The van der Waals surface area contributed by atoms with Gasteiger partial charge in [0.15, 0.2) is 11.7 Å². The van der Waals surface area contributed by atoms with E-state index in [0.29, 0.717) is 45.1 Å². The zero-order chi connectivity index (χ0) is 68.4. The van der Waals surface area contributed by atoms with Gasteiger partial charge in [0.2, 0.25) is 41.5 Å². The third kappa shape index (κ3) is 20.3. The summed E-state index contributed by atoms with van der Waals surface area (Å²) in [6.45, 7) is 13.7. The Bertz CT molecular complexity index is 4420. The number of nitrogens with one attached hydrogen (secondary N) is 6. The van der Waals surface area contributed by atoms with Crippen LogP contribution in [0.2, 0.25) is 0 Å². The average molecular weight is 1410 g/mol. The smallest absolute Gasteiger partial charge is 0.399 e. The van der Waals surface area contributed by atoms with Gasteiger partial charge in [-0.15, -0.1) is 0 Å². The molecule has 12 rings (SSSR count). The van der Waals surface area contributed by atoms with Crippen molar-refractivity contribution in [2.24, 2.45) is 16.5 Å². The summed E-state index contributed by atoms with van der Waals surface area (Å²) in [6, 6.07) is 31.3. The van der Waals surface area contributed by atoms with Crippen LogP contribution in [0, 0.1) is 23.3 Å². The first-order valence-electron chi connectivity index (χ1n) is 28.2. The maximum atomic E-state index is 13.2. The third-order valence-corrected chi connectivity index (χ3v) is 14.5. The molecule has 0 radical (unpaired) electrons. The van der Waals surface area contributed by atoms with Gasteiger partial charge in [-0.3, -0.25) is 39.9 Å². The molecule has 10 N–H and O–H groups in total. The van der Waals surface area contributed by atoms with E-state index in [1.807, 2.05) is 57.9 Å². The van der Waals surface area contributed by atoms with Crippen molar-refractivity contribution in [1.29, 1.82) is 0 Å². The number of benzene rings is 4. The minimum Gasteiger partial charge on any atom is -0.399 e. The van der Waals surface area contributed by atoms with Crippen LogP contribution in [0.1, 0.15) is 65.7 Å². The predicted octanol–water partition coefficient (Wildman–Crippen LogP) is 11.4. The third-order valence-electron chi connectivity index (χ3n) is 13.4. The molecule has 7 aromatic heterocycles. The molecule has 23 nitrogen and oxygen atoms in total. The Morgan fingerprint density at radius 3 is 1.50 bits per heavy atom. The number of aliphatic imine (C=N–C) groups is 1. The topological polar surface area (TPSA) is 325 Å². The van der Waals surface area contributed by atoms with Gasteiger partial charge in [-0.05, 0) is 170 Å². The number of rotatable bonds is 10. The summed E-state index contributed by atoms with van der Waals surface area (Å²) in [4.78, 5) is 87.0. The Labute approximate surface area is 553 Å². The van der Waals surface area contributed by atoms with E-state index in [1.165, 1.54) is 88.4 Å². The van der Waals surface area contributed by atoms with Crippen LogP contribution in [-0.4, -0.2) is 108 Å². The molecule has 1 fully saturated rings. The molecule has 94 heavy (non-hydrogen) atoms. The van der Waals surface area contributed by atoms with Crippen molar-refractivity contribution in [3.63, 3.8) is 0 Å². The molecule has 4 amide bonds. The highest BCUT2D eigenvalue weighted by atomic mass is 79.9. The Morgan fingerprint density at radius 1 is 0.564 bits per heavy atom. The molecule has 4 aromatic carbocycles. The van der Waals surface area contributed by atoms with E-state index >= 15 is 0 Å². The summed E-state index contributed by atoms with van der Waals surface area (Å²) in [5.74, 6) is -1.38. The van der Waals surface area contributed by atoms with Crippen LogP contribution in [0.3, 0.4) is 0 Å². The number of H-pyrrole nitrogens is 3. The molecule has 0 unspecified atom stereocenters. The standard InChI is InChI=1S/C18H14FN5O.C13H17BN2O2.C11H9BrFN3O.C11H10FN3O.C8H6BrFO.C3H7N3O/c1-11(25)21-18-22-16(12-2-5-14(19)6-3-12)17(23-18)13-4-7-15-20-8-9-24(15)10-13;1-12(2)13(3,4)18-14(17-12)10-5-6-11-15-7-8-16(11)9-10;1-6(17)14-11-15-9(10(12)16-11)7-2-4-8(13)5-3-7;1-7(16)14-11-13-6-10(15-11)8-2-4-9(12)5-3-8;9-5-8(11)6-1-3-7(10)4-2-6;1-2(7)6-3(4)5/h2-10H,1H3,(H2,21,22,23,25);5-9H,1-4H3;2-5H,1H3,(H2,14,15,16,17);2-6H,1H3,(H2,13,14,15,16);1-4H,5H2;1H3,(H4,4,5,6,7). The van der Waals surface area contributed by atoms with Gasteiger partial charge in [0, 0.05) is 87.1 Å². The Balaban J connectivity index is 0.000000165. The molecular weight excluding hydrogens is 1350 g/mol. The second-order valence-corrected chi connectivity index (χ2v) is 22.6. The number of halogens is 6. The number of carbonyl (C=O) groups is 5. The molecule has 11 aromatic rings. The van der Waals surface area contributed by atoms with E-state index in [0.717, 1.165) is 44.7 Å². The maximum Gasteiger partial charge on any atom is 0.496 e. The number of alkyl halides is 1. The van der Waals surface area contributed by atoms with Crippen molar-refractivity contribution in [3.8, 4) is 45.0 Å². The molecule has 1 aliphatic heterocycles. The Hall–Kier alpha value is -10.4. The number of guanidine groups is 1. The predicted molar refractivity (Wildman–Crippen MR) is 359 cm³/mol. The van der Waals surface area contributed by atoms with Gasteiger partial charge in [0.05, 0.1) is 39.8 Å². The minimum absolute atomic E-state index is 0.0370. The molecule has 1 saturated heterocycles. The van der Waals surface area contributed by atoms with E-state index in [2.05, 4.69) is 120 Å². The fourth-order valence-corrected chi connectivity index (χ4v) is 9.18. The van der Waals surface area contributed by atoms with Crippen LogP contribution in [0.4, 0.5) is 35.4 Å². The van der Waals surface area contributed by atoms with E-state index in [-0.39, 0.29) is 82.3 Å². The Kier molecular flexibility index (Phi) is 24.4. The first-order valence-corrected chi connectivity index (χ1v) is 30.2. The van der Waals surface area contributed by atoms with Crippen LogP contribution >= 0.6 is 31.9 Å². The summed E-state index contributed by atoms with van der Waals surface area (Å²) in [7, 11) is -0.318. The lowest BCUT2D eigenvalue weighted by Crippen LogP contribution is -2.41. The van der Waals surface area contributed by atoms with E-state index in [9.17, 15) is 41.5 Å². The number of nitrogens with two attached hydrogens (primary N) is 2. The number of hydrogen-bond donors (Lipinski definition) is 8. The normalized spacial score (nSPS) is 12.3. The van der Waals surface area contributed by atoms with Crippen molar-refractivity contribution in [2.75, 3.05) is 21.3 Å². The monoisotopic (exact) mass is 1410 g/mol. The SMILES string of the molecule is CC(=O)N=C(N)N.CC(=O)Nc1nc(-c2ccc(F)cc2)c(Br)[nH]1.CC(=O)Nc1nc(-c2ccc3nccn3c2)c(-c2ccc(F)cc2)[nH]1.CC(=O)Nc1ncc(-c2ccc(F)cc2)[nH]1.CC1(C)OB(c2ccc3nccn3c2)OC1(C)C.O=C(CBr)c1ccc(F)cc1. The van der Waals surface area contributed by atoms with Crippen LogP contribution in [0.5, 0.6) is 0 Å². The summed E-state index contributed by atoms with van der Waals surface area (Å²) in [6.07, 6.45) is 12.8. The summed E-state index contributed by atoms with van der Waals surface area (Å²) in [5.41, 5.74) is 18.2. The van der Waals surface area contributed by atoms with E-state index < -0.39 is 0 Å². The Morgan fingerprint density at radius 2 is 1.01 bits per heavy atom. The van der Waals surface area contributed by atoms with Crippen LogP contribution in [0.25, 0.3) is 56.3 Å². The lowest BCUT2D eigenvalue weighted by molar-refractivity contribution is -0.116. The van der Waals surface area contributed by atoms with Crippen LogP contribution in [0.15, 0.2) is 174 Å². The number of ketones is 1. The second-order valence-electron chi connectivity index (χ2n) is 21.2. The number of nitrogens with zero attached hydrogens (tertiary/aromatic N) is 8. The molecule has 1 aliphatic rings. The second kappa shape index (κ2) is 32.2. The van der Waals surface area contributed by atoms with Crippen LogP contribution < -0.4 is 32.9 Å². The number of carbonyl (C=O) groups excluding carboxylic acids is 5. The molecule has 30 heteroatoms.